The monoisotopic (exact) mass is 583 g/mol. The second kappa shape index (κ2) is 11.1. The van der Waals surface area contributed by atoms with Gasteiger partial charge in [-0.15, -0.1) is 5.10 Å². The lowest BCUT2D eigenvalue weighted by atomic mass is 9.85. The van der Waals surface area contributed by atoms with Crippen LogP contribution < -0.4 is 4.74 Å². The van der Waals surface area contributed by atoms with Gasteiger partial charge in [0, 0.05) is 48.7 Å². The summed E-state index contributed by atoms with van der Waals surface area (Å²) in [5, 5.41) is 9.02. The van der Waals surface area contributed by atoms with Crippen LogP contribution in [0.15, 0.2) is 54.6 Å². The molecule has 0 N–H and O–H groups in total. The topological polar surface area (TPSA) is 80.6 Å². The summed E-state index contributed by atoms with van der Waals surface area (Å²) in [4.78, 5) is 31.5. The fourth-order valence-electron chi connectivity index (χ4n) is 6.95. The lowest BCUT2D eigenvalue weighted by molar-refractivity contribution is -0.140. The van der Waals surface area contributed by atoms with Gasteiger partial charge in [-0.2, -0.15) is 0 Å². The Labute approximate surface area is 250 Å². The molecule has 1 aliphatic carbocycles. The quantitative estimate of drug-likeness (QED) is 0.284. The van der Waals surface area contributed by atoms with E-state index in [9.17, 15) is 9.59 Å². The van der Waals surface area contributed by atoms with Gasteiger partial charge >= 0.3 is 0 Å². The first-order valence-corrected chi connectivity index (χ1v) is 15.3. The Hall–Kier alpha value is -3.91. The highest BCUT2D eigenvalue weighted by atomic mass is 35.5. The third kappa shape index (κ3) is 4.81. The van der Waals surface area contributed by atoms with Gasteiger partial charge in [-0.1, -0.05) is 60.3 Å². The van der Waals surface area contributed by atoms with Crippen LogP contribution in [-0.2, 0) is 31.4 Å². The Morgan fingerprint density at radius 3 is 2.74 bits per heavy atom. The first-order chi connectivity index (χ1) is 20.5. The van der Waals surface area contributed by atoms with Crippen LogP contribution in [0.3, 0.4) is 0 Å². The summed E-state index contributed by atoms with van der Waals surface area (Å²) in [6, 6.07) is 17.2. The number of carbonyl (C=O) groups is 2. The summed E-state index contributed by atoms with van der Waals surface area (Å²) < 4.78 is 8.25. The fourth-order valence-corrected chi connectivity index (χ4v) is 7.21. The number of aromatic nitrogens is 3. The molecule has 1 atom stereocenters. The second-order valence-electron chi connectivity index (χ2n) is 11.7. The predicted molar refractivity (Wildman–Crippen MR) is 160 cm³/mol. The number of nitrogens with zero attached hydrogens (tertiary/aromatic N) is 5. The van der Waals surface area contributed by atoms with E-state index >= 15 is 0 Å². The number of fused-ring (bicyclic) bond motifs is 3. The highest BCUT2D eigenvalue weighted by Crippen LogP contribution is 2.43. The largest absolute Gasteiger partial charge is 0.489 e. The van der Waals surface area contributed by atoms with Crippen molar-refractivity contribution in [3.05, 3.63) is 87.4 Å². The van der Waals surface area contributed by atoms with Crippen molar-refractivity contribution in [1.29, 1.82) is 0 Å². The molecule has 0 radical (unpaired) electrons. The summed E-state index contributed by atoms with van der Waals surface area (Å²) in [5.74, 6) is 0.915. The number of hydrogen-bond donors (Lipinski definition) is 0. The molecule has 4 aromatic rings. The number of rotatable bonds is 6. The summed E-state index contributed by atoms with van der Waals surface area (Å²) in [6.45, 7) is 1.83. The van der Waals surface area contributed by atoms with Gasteiger partial charge in [0.15, 0.2) is 0 Å². The average molecular weight is 584 g/mol. The molecular formula is C33H34ClN5O3. The molecule has 42 heavy (non-hydrogen) atoms. The minimum Gasteiger partial charge on any atom is -0.489 e. The molecule has 2 aliphatic heterocycles. The molecule has 8 nitrogen and oxygen atoms in total. The number of halogens is 1. The molecule has 0 saturated heterocycles. The second-order valence-corrected chi connectivity index (χ2v) is 12.1. The average Bonchev–Trinajstić information content (AvgIpc) is 3.55. The Kier molecular flexibility index (Phi) is 7.10. The highest BCUT2D eigenvalue weighted by molar-refractivity contribution is 6.31. The van der Waals surface area contributed by atoms with Crippen molar-refractivity contribution >= 4 is 34.4 Å². The van der Waals surface area contributed by atoms with Crippen LogP contribution in [0.5, 0.6) is 5.75 Å². The van der Waals surface area contributed by atoms with Crippen molar-refractivity contribution in [2.45, 2.75) is 57.7 Å². The van der Waals surface area contributed by atoms with Gasteiger partial charge in [0.05, 0.1) is 11.6 Å². The number of ether oxygens (including phenoxy) is 1. The van der Waals surface area contributed by atoms with E-state index in [1.807, 2.05) is 71.4 Å². The van der Waals surface area contributed by atoms with E-state index in [1.165, 1.54) is 6.42 Å². The first-order valence-electron chi connectivity index (χ1n) is 14.9. The van der Waals surface area contributed by atoms with Crippen molar-refractivity contribution in [2.24, 2.45) is 13.0 Å². The maximum Gasteiger partial charge on any atom is 0.254 e. The molecule has 3 heterocycles. The Balaban J connectivity index is 1.23. The molecule has 9 heteroatoms. The molecule has 0 spiro atoms. The Morgan fingerprint density at radius 2 is 1.90 bits per heavy atom. The van der Waals surface area contributed by atoms with Crippen molar-refractivity contribution in [3.8, 4) is 5.75 Å². The minimum absolute atomic E-state index is 0.00422. The first kappa shape index (κ1) is 27.0. The van der Waals surface area contributed by atoms with Crippen LogP contribution in [0.4, 0.5) is 0 Å². The molecule has 1 aromatic heterocycles. The fraction of sp³-hybridized carbons (Fsp3) is 0.394. The SMILES string of the molecule is Cn1nnc2cc(COc3ccc(Cl)c4c3[C@@H](CN3Cc5ccccc5C3=O)N(C(=O)C3CCCCC3)CC4)ccc21. The molecule has 0 bridgehead atoms. The molecule has 3 aromatic carbocycles. The lowest BCUT2D eigenvalue weighted by Gasteiger charge is -2.42. The zero-order valence-electron chi connectivity index (χ0n) is 23.8. The highest BCUT2D eigenvalue weighted by Gasteiger charge is 2.40. The smallest absolute Gasteiger partial charge is 0.254 e. The van der Waals surface area contributed by atoms with Crippen LogP contribution in [0.25, 0.3) is 11.0 Å². The lowest BCUT2D eigenvalue weighted by Crippen LogP contribution is -2.48. The predicted octanol–water partition coefficient (Wildman–Crippen LogP) is 5.86. The molecule has 2 amide bonds. The number of hydrogen-bond acceptors (Lipinski definition) is 5. The maximum absolute atomic E-state index is 14.1. The van der Waals surface area contributed by atoms with E-state index < -0.39 is 0 Å². The van der Waals surface area contributed by atoms with E-state index in [-0.39, 0.29) is 23.8 Å². The van der Waals surface area contributed by atoms with E-state index in [2.05, 4.69) is 10.3 Å². The third-order valence-electron chi connectivity index (χ3n) is 9.17. The van der Waals surface area contributed by atoms with Crippen LogP contribution in [0.2, 0.25) is 5.02 Å². The van der Waals surface area contributed by atoms with Crippen molar-refractivity contribution in [1.82, 2.24) is 24.8 Å². The Bertz CT molecular complexity index is 1680. The van der Waals surface area contributed by atoms with E-state index in [0.29, 0.717) is 43.4 Å². The molecular weight excluding hydrogens is 550 g/mol. The van der Waals surface area contributed by atoms with Crippen LogP contribution >= 0.6 is 11.6 Å². The standard InChI is InChI=1S/C33H34ClN5O3/c1-37-28-13-11-21(17-27(28)35-36-37)20-42-30-14-12-26(34)25-15-16-39(32(40)22-7-3-2-4-8-22)29(31(25)30)19-38-18-23-9-5-6-10-24(23)33(38)41/h5-6,9-14,17,22,29H,2-4,7-8,15-16,18-20H2,1H3/t29-/m1/s1. The third-order valence-corrected chi connectivity index (χ3v) is 9.52. The summed E-state index contributed by atoms with van der Waals surface area (Å²) in [7, 11) is 1.87. The zero-order valence-corrected chi connectivity index (χ0v) is 24.5. The van der Waals surface area contributed by atoms with Gasteiger partial charge in [-0.25, -0.2) is 4.68 Å². The van der Waals surface area contributed by atoms with Crippen LogP contribution in [0, 0.1) is 5.92 Å². The number of benzene rings is 3. The van der Waals surface area contributed by atoms with Gasteiger partial charge in [-0.3, -0.25) is 9.59 Å². The zero-order chi connectivity index (χ0) is 28.8. The van der Waals surface area contributed by atoms with Gasteiger partial charge in [-0.05, 0) is 66.3 Å². The molecule has 3 aliphatic rings. The molecule has 1 fully saturated rings. The maximum atomic E-state index is 14.1. The summed E-state index contributed by atoms with van der Waals surface area (Å²) in [5.41, 5.74) is 6.41. The summed E-state index contributed by atoms with van der Waals surface area (Å²) >= 11 is 6.80. The van der Waals surface area contributed by atoms with E-state index in [4.69, 9.17) is 16.3 Å². The molecule has 1 saturated carbocycles. The van der Waals surface area contributed by atoms with Crippen LogP contribution in [0.1, 0.15) is 70.8 Å². The van der Waals surface area contributed by atoms with E-state index in [1.54, 1.807) is 4.68 Å². The number of carbonyl (C=O) groups excluding carboxylic acids is 2. The van der Waals surface area contributed by atoms with Crippen LogP contribution in [-0.4, -0.2) is 49.7 Å². The van der Waals surface area contributed by atoms with Gasteiger partial charge in [0.2, 0.25) is 5.91 Å². The Morgan fingerprint density at radius 1 is 1.07 bits per heavy atom. The van der Waals surface area contributed by atoms with Crippen molar-refractivity contribution in [2.75, 3.05) is 13.1 Å². The van der Waals surface area contributed by atoms with Crippen molar-refractivity contribution in [3.63, 3.8) is 0 Å². The normalized spacial score (nSPS) is 18.8. The number of amides is 2. The molecule has 0 unspecified atom stereocenters. The minimum atomic E-state index is -0.349. The number of aryl methyl sites for hydroxylation is 1. The van der Waals surface area contributed by atoms with Gasteiger partial charge in [0.1, 0.15) is 17.9 Å². The van der Waals surface area contributed by atoms with Gasteiger partial charge in [0.25, 0.3) is 5.91 Å². The molecule has 216 valence electrons. The van der Waals surface area contributed by atoms with Gasteiger partial charge < -0.3 is 14.5 Å². The molecule has 7 rings (SSSR count). The summed E-state index contributed by atoms with van der Waals surface area (Å²) in [6.07, 6.45) is 5.85. The van der Waals surface area contributed by atoms with E-state index in [0.717, 1.165) is 64.5 Å². The van der Waals surface area contributed by atoms with Crippen molar-refractivity contribution < 1.29 is 14.3 Å².